The van der Waals surface area contributed by atoms with Crippen LogP contribution in [0.3, 0.4) is 0 Å². The van der Waals surface area contributed by atoms with Gasteiger partial charge in [0.15, 0.2) is 8.32 Å². The molecule has 1 aromatic carbocycles. The summed E-state index contributed by atoms with van der Waals surface area (Å²) in [5.74, 6) is 0. The third-order valence-electron chi connectivity index (χ3n) is 7.28. The summed E-state index contributed by atoms with van der Waals surface area (Å²) in [5.41, 5.74) is 3.03. The molecule has 0 unspecified atom stereocenters. The smallest absolute Gasteiger partial charge is 0.417 e. The van der Waals surface area contributed by atoms with E-state index in [1.807, 2.05) is 0 Å². The highest BCUT2D eigenvalue weighted by atomic mass is 28.4. The molecule has 1 aliphatic heterocycles. The minimum absolute atomic E-state index is 0.208. The fraction of sp³-hybridized carbons (Fsp3) is 0.667. The second-order valence-corrected chi connectivity index (χ2v) is 20.9. The van der Waals surface area contributed by atoms with Crippen molar-refractivity contribution in [2.45, 2.75) is 97.3 Å². The topological polar surface area (TPSA) is 27.7 Å². The lowest BCUT2D eigenvalue weighted by molar-refractivity contribution is 0.00578. The van der Waals surface area contributed by atoms with E-state index in [-0.39, 0.29) is 23.4 Å². The summed E-state index contributed by atoms with van der Waals surface area (Å²) in [4.78, 5) is 0. The van der Waals surface area contributed by atoms with Gasteiger partial charge in [-0.2, -0.15) is 0 Å². The van der Waals surface area contributed by atoms with Crippen LogP contribution in [-0.2, 0) is 13.7 Å². The van der Waals surface area contributed by atoms with Crippen LogP contribution in [-0.4, -0.2) is 41.3 Å². The van der Waals surface area contributed by atoms with E-state index in [1.54, 1.807) is 0 Å². The summed E-state index contributed by atoms with van der Waals surface area (Å²) < 4.78 is 19.4. The van der Waals surface area contributed by atoms with Gasteiger partial charge in [-0.25, -0.2) is 0 Å². The van der Waals surface area contributed by atoms with Crippen LogP contribution in [0.5, 0.6) is 0 Å². The molecule has 0 spiro atoms. The summed E-state index contributed by atoms with van der Waals surface area (Å²) >= 11 is 0. The fourth-order valence-electron chi connectivity index (χ4n) is 3.31. The molecule has 1 aromatic rings. The van der Waals surface area contributed by atoms with Crippen LogP contribution in [0.4, 0.5) is 0 Å². The Balaban J connectivity index is 2.30. The minimum atomic E-state index is -1.80. The SMILES string of the molecule is CC1(C)OB(/C(=C\[Si](C)(C)c2ccccc2)CCO[Si](C)(C)C(C)(C)C)OC1(C)C. The van der Waals surface area contributed by atoms with Crippen LogP contribution in [0.15, 0.2) is 41.5 Å². The predicted octanol–water partition coefficient (Wildman–Crippen LogP) is 6.11. The van der Waals surface area contributed by atoms with Gasteiger partial charge in [-0.15, -0.1) is 0 Å². The number of rotatable bonds is 7. The molecule has 1 fully saturated rings. The van der Waals surface area contributed by atoms with Crippen molar-refractivity contribution in [3.63, 3.8) is 0 Å². The van der Waals surface area contributed by atoms with Gasteiger partial charge in [0.25, 0.3) is 0 Å². The van der Waals surface area contributed by atoms with Crippen molar-refractivity contribution in [3.05, 3.63) is 41.5 Å². The first-order valence-electron chi connectivity index (χ1n) is 11.3. The first-order chi connectivity index (χ1) is 13.5. The van der Waals surface area contributed by atoms with E-state index in [2.05, 4.69) is 111 Å². The average Bonchev–Trinajstić information content (AvgIpc) is 2.81. The molecule has 3 nitrogen and oxygen atoms in total. The summed E-state index contributed by atoms with van der Waals surface area (Å²) in [5, 5.41) is 1.63. The van der Waals surface area contributed by atoms with Crippen LogP contribution in [0.2, 0.25) is 31.2 Å². The zero-order chi connectivity index (χ0) is 23.0. The highest BCUT2D eigenvalue weighted by Gasteiger charge is 2.52. The maximum atomic E-state index is 6.51. The second kappa shape index (κ2) is 8.70. The van der Waals surface area contributed by atoms with E-state index >= 15 is 0 Å². The number of benzene rings is 1. The molecule has 1 heterocycles. The van der Waals surface area contributed by atoms with E-state index < -0.39 is 16.4 Å². The zero-order valence-corrected chi connectivity index (χ0v) is 23.2. The maximum absolute atomic E-state index is 6.51. The van der Waals surface area contributed by atoms with Gasteiger partial charge in [-0.05, 0) is 57.7 Å². The molecular formula is C24H43BO3Si2. The fourth-order valence-corrected chi connectivity index (χ4v) is 6.78. The lowest BCUT2D eigenvalue weighted by atomic mass is 9.77. The van der Waals surface area contributed by atoms with Crippen molar-refractivity contribution < 1.29 is 13.7 Å². The average molecular weight is 447 g/mol. The Hall–Kier alpha value is -0.661. The first kappa shape index (κ1) is 25.6. The number of hydrogen-bond acceptors (Lipinski definition) is 3. The van der Waals surface area contributed by atoms with Crippen LogP contribution < -0.4 is 5.19 Å². The standard InChI is InChI=1S/C24H43BO3Si2/c1-22(2,3)30(10,11)26-18-17-20(25-27-23(4,5)24(6,7)28-25)19-29(8,9)21-15-13-12-14-16-21/h12-16,19H,17-18H2,1-11H3/b20-19-. The molecule has 6 heteroatoms. The van der Waals surface area contributed by atoms with E-state index in [0.717, 1.165) is 6.42 Å². The van der Waals surface area contributed by atoms with Gasteiger partial charge in [-0.3, -0.25) is 0 Å². The largest absolute Gasteiger partial charge is 0.489 e. The Kier molecular flexibility index (Phi) is 7.42. The van der Waals surface area contributed by atoms with E-state index in [0.29, 0.717) is 6.61 Å². The normalized spacial score (nSPS) is 20.0. The van der Waals surface area contributed by atoms with Crippen molar-refractivity contribution in [1.82, 2.24) is 0 Å². The molecule has 0 aromatic heterocycles. The van der Waals surface area contributed by atoms with Crippen molar-refractivity contribution in [3.8, 4) is 0 Å². The first-order valence-corrected chi connectivity index (χ1v) is 17.2. The molecule has 1 aliphatic rings. The summed E-state index contributed by atoms with van der Waals surface area (Å²) in [6, 6.07) is 10.8. The lowest BCUT2D eigenvalue weighted by Crippen LogP contribution is -2.42. The molecule has 168 valence electrons. The van der Waals surface area contributed by atoms with Crippen molar-refractivity contribution in [2.75, 3.05) is 6.61 Å². The highest BCUT2D eigenvalue weighted by molar-refractivity contribution is 6.94. The third-order valence-corrected chi connectivity index (χ3v) is 14.7. The highest BCUT2D eigenvalue weighted by Crippen LogP contribution is 2.40. The molecule has 0 bridgehead atoms. The van der Waals surface area contributed by atoms with Gasteiger partial charge >= 0.3 is 7.12 Å². The molecule has 0 aliphatic carbocycles. The Labute approximate surface area is 187 Å². The maximum Gasteiger partial charge on any atom is 0.489 e. The monoisotopic (exact) mass is 446 g/mol. The van der Waals surface area contributed by atoms with Gasteiger partial charge in [0, 0.05) is 6.61 Å². The Morgan fingerprint density at radius 2 is 1.47 bits per heavy atom. The van der Waals surface area contributed by atoms with Crippen molar-refractivity contribution in [2.24, 2.45) is 0 Å². The van der Waals surface area contributed by atoms with Gasteiger partial charge in [-0.1, -0.05) is 75.1 Å². The Morgan fingerprint density at radius 1 is 0.967 bits per heavy atom. The summed E-state index contributed by atoms with van der Waals surface area (Å²) in [6.07, 6.45) is 0.840. The third kappa shape index (κ3) is 5.77. The van der Waals surface area contributed by atoms with Gasteiger partial charge in [0.05, 0.1) is 11.2 Å². The van der Waals surface area contributed by atoms with Gasteiger partial charge in [0.2, 0.25) is 0 Å². The summed E-state index contributed by atoms with van der Waals surface area (Å²) in [6.45, 7) is 25.5. The molecule has 0 radical (unpaired) electrons. The summed E-state index contributed by atoms with van der Waals surface area (Å²) in [7, 11) is -3.90. The van der Waals surface area contributed by atoms with Crippen molar-refractivity contribution in [1.29, 1.82) is 0 Å². The Bertz CT molecular complexity index is 733. The van der Waals surface area contributed by atoms with Crippen LogP contribution in [0, 0.1) is 0 Å². The minimum Gasteiger partial charge on any atom is -0.417 e. The zero-order valence-electron chi connectivity index (χ0n) is 21.2. The van der Waals surface area contributed by atoms with E-state index in [1.165, 1.54) is 10.7 Å². The quantitative estimate of drug-likeness (QED) is 0.473. The molecule has 0 atom stereocenters. The van der Waals surface area contributed by atoms with Crippen molar-refractivity contribution >= 4 is 28.7 Å². The second-order valence-electron chi connectivity index (χ2n) is 11.8. The molecule has 0 N–H and O–H groups in total. The number of hydrogen-bond donors (Lipinski definition) is 0. The van der Waals surface area contributed by atoms with Crippen LogP contribution in [0.1, 0.15) is 54.9 Å². The predicted molar refractivity (Wildman–Crippen MR) is 135 cm³/mol. The van der Waals surface area contributed by atoms with E-state index in [4.69, 9.17) is 13.7 Å². The van der Waals surface area contributed by atoms with Gasteiger partial charge in [0.1, 0.15) is 8.07 Å². The Morgan fingerprint density at radius 3 is 1.93 bits per heavy atom. The molecule has 30 heavy (non-hydrogen) atoms. The lowest BCUT2D eigenvalue weighted by Gasteiger charge is -2.36. The molecular weight excluding hydrogens is 403 g/mol. The molecule has 1 saturated heterocycles. The molecule has 2 rings (SSSR count). The van der Waals surface area contributed by atoms with E-state index in [9.17, 15) is 0 Å². The molecule has 0 saturated carbocycles. The van der Waals surface area contributed by atoms with Crippen LogP contribution in [0.25, 0.3) is 0 Å². The van der Waals surface area contributed by atoms with Crippen LogP contribution >= 0.6 is 0 Å². The molecule has 0 amide bonds. The van der Waals surface area contributed by atoms with Gasteiger partial charge < -0.3 is 13.7 Å².